The zero-order valence-electron chi connectivity index (χ0n) is 21.7. The van der Waals surface area contributed by atoms with Crippen molar-refractivity contribution < 1.29 is 13.2 Å². The number of H-pyrrole nitrogens is 1. The van der Waals surface area contributed by atoms with Gasteiger partial charge in [0.15, 0.2) is 9.84 Å². The van der Waals surface area contributed by atoms with Gasteiger partial charge >= 0.3 is 0 Å². The molecule has 2 aliphatic rings. The summed E-state index contributed by atoms with van der Waals surface area (Å²) < 4.78 is 32.6. The first-order chi connectivity index (χ1) is 18.3. The number of piperazine rings is 1. The van der Waals surface area contributed by atoms with Gasteiger partial charge in [0, 0.05) is 80.5 Å². The minimum absolute atomic E-state index is 0.127. The van der Waals surface area contributed by atoms with Crippen molar-refractivity contribution >= 4 is 20.7 Å². The Morgan fingerprint density at radius 3 is 2.39 bits per heavy atom. The summed E-state index contributed by atoms with van der Waals surface area (Å²) in [5.74, 6) is 1.16. The van der Waals surface area contributed by atoms with Crippen LogP contribution in [0.15, 0.2) is 70.5 Å². The largest absolute Gasteiger partial charge is 0.457 e. The second kappa shape index (κ2) is 9.72. The number of pyridine rings is 1. The van der Waals surface area contributed by atoms with Gasteiger partial charge in [-0.15, -0.1) is 0 Å². The fraction of sp³-hybridized carbons (Fsp3) is 0.345. The van der Waals surface area contributed by atoms with E-state index in [1.165, 1.54) is 23.7 Å². The third kappa shape index (κ3) is 5.01. The van der Waals surface area contributed by atoms with Crippen LogP contribution in [-0.4, -0.2) is 66.2 Å². The maximum atomic E-state index is 13.1. The first-order valence-electron chi connectivity index (χ1n) is 13.0. The van der Waals surface area contributed by atoms with Crippen molar-refractivity contribution in [2.75, 3.05) is 32.4 Å². The minimum Gasteiger partial charge on any atom is -0.457 e. The van der Waals surface area contributed by atoms with Crippen molar-refractivity contribution in [3.63, 3.8) is 0 Å². The molecule has 3 heterocycles. The normalized spacial score (nSPS) is 17.2. The number of benzene rings is 2. The van der Waals surface area contributed by atoms with Gasteiger partial charge in [0.05, 0.1) is 4.90 Å². The number of hydrogen-bond donors (Lipinski definition) is 1. The number of hydrogen-bond acceptors (Lipinski definition) is 6. The fourth-order valence-electron chi connectivity index (χ4n) is 5.31. The second-order valence-electron chi connectivity index (χ2n) is 10.4. The highest BCUT2D eigenvalue weighted by molar-refractivity contribution is 7.90. The first kappa shape index (κ1) is 24.9. The SMILES string of the molecule is Cn1cc(-c2cc(S(C)(=O)=O)ccc2Oc2ccccc2)c2cc(CN3CCN(C4CC4)CC3)[nH]c2c1=O. The number of sulfone groups is 1. The molecule has 6 rings (SSSR count). The Morgan fingerprint density at radius 2 is 1.71 bits per heavy atom. The summed E-state index contributed by atoms with van der Waals surface area (Å²) in [7, 11) is -1.75. The summed E-state index contributed by atoms with van der Waals surface area (Å²) in [6, 6.07) is 17.1. The number of rotatable bonds is 7. The Hall–Kier alpha value is -3.40. The highest BCUT2D eigenvalue weighted by atomic mass is 32.2. The minimum atomic E-state index is -3.46. The van der Waals surface area contributed by atoms with Gasteiger partial charge < -0.3 is 14.3 Å². The topological polar surface area (TPSA) is 87.6 Å². The zero-order valence-corrected chi connectivity index (χ0v) is 22.5. The molecule has 38 heavy (non-hydrogen) atoms. The average molecular weight is 533 g/mol. The lowest BCUT2D eigenvalue weighted by Crippen LogP contribution is -2.46. The molecule has 1 saturated carbocycles. The van der Waals surface area contributed by atoms with E-state index < -0.39 is 9.84 Å². The molecule has 0 spiro atoms. The van der Waals surface area contributed by atoms with E-state index in [9.17, 15) is 13.2 Å². The Morgan fingerprint density at radius 1 is 0.974 bits per heavy atom. The van der Waals surface area contributed by atoms with E-state index in [1.54, 1.807) is 31.4 Å². The fourth-order valence-corrected chi connectivity index (χ4v) is 5.96. The zero-order chi connectivity index (χ0) is 26.4. The van der Waals surface area contributed by atoms with E-state index in [1.807, 2.05) is 36.4 Å². The smallest absolute Gasteiger partial charge is 0.274 e. The van der Waals surface area contributed by atoms with Gasteiger partial charge in [-0.2, -0.15) is 0 Å². The number of aromatic amines is 1. The molecule has 0 bridgehead atoms. The number of aromatic nitrogens is 2. The Labute approximate surface area is 222 Å². The molecule has 0 radical (unpaired) electrons. The van der Waals surface area contributed by atoms with Gasteiger partial charge in [0.2, 0.25) is 0 Å². The number of ether oxygens (including phenoxy) is 1. The summed E-state index contributed by atoms with van der Waals surface area (Å²) in [5.41, 5.74) is 2.69. The number of nitrogens with one attached hydrogen (secondary N) is 1. The summed E-state index contributed by atoms with van der Waals surface area (Å²) in [5, 5.41) is 0.753. The lowest BCUT2D eigenvalue weighted by atomic mass is 10.0. The van der Waals surface area contributed by atoms with Gasteiger partial charge in [0.25, 0.3) is 5.56 Å². The van der Waals surface area contributed by atoms with Gasteiger partial charge in [-0.3, -0.25) is 14.6 Å². The number of para-hydroxylation sites is 1. The Balaban J connectivity index is 1.41. The Bertz CT molecular complexity index is 1650. The molecule has 8 nitrogen and oxygen atoms in total. The van der Waals surface area contributed by atoms with Crippen LogP contribution in [-0.2, 0) is 23.4 Å². The van der Waals surface area contributed by atoms with Crippen LogP contribution in [0.5, 0.6) is 11.5 Å². The Kier molecular flexibility index (Phi) is 6.37. The molecule has 2 fully saturated rings. The van der Waals surface area contributed by atoms with Gasteiger partial charge in [0.1, 0.15) is 17.0 Å². The molecule has 2 aromatic carbocycles. The highest BCUT2D eigenvalue weighted by Crippen LogP contribution is 2.38. The van der Waals surface area contributed by atoms with Crippen LogP contribution in [0.2, 0.25) is 0 Å². The molecular weight excluding hydrogens is 500 g/mol. The number of nitrogens with zero attached hydrogens (tertiary/aromatic N) is 3. The predicted octanol–water partition coefficient (Wildman–Crippen LogP) is 4.01. The maximum Gasteiger partial charge on any atom is 0.274 e. The maximum absolute atomic E-state index is 13.1. The molecule has 0 amide bonds. The molecular formula is C29H32N4O4S. The monoisotopic (exact) mass is 532 g/mol. The van der Waals surface area contributed by atoms with Gasteiger partial charge in [-0.05, 0) is 49.2 Å². The quantitative estimate of drug-likeness (QED) is 0.387. The van der Waals surface area contributed by atoms with Crippen LogP contribution >= 0.6 is 0 Å². The van der Waals surface area contributed by atoms with E-state index in [-0.39, 0.29) is 10.5 Å². The van der Waals surface area contributed by atoms with E-state index in [4.69, 9.17) is 4.74 Å². The lowest BCUT2D eigenvalue weighted by molar-refractivity contribution is 0.120. The van der Waals surface area contributed by atoms with Crippen molar-refractivity contribution in [3.8, 4) is 22.6 Å². The molecule has 4 aromatic rings. The van der Waals surface area contributed by atoms with Crippen molar-refractivity contribution in [1.82, 2.24) is 19.4 Å². The second-order valence-corrected chi connectivity index (χ2v) is 12.4. The average Bonchev–Trinajstić information content (AvgIpc) is 3.67. The van der Waals surface area contributed by atoms with Crippen molar-refractivity contribution in [2.45, 2.75) is 30.3 Å². The summed E-state index contributed by atoms with van der Waals surface area (Å²) in [4.78, 5) is 21.7. The van der Waals surface area contributed by atoms with Crippen molar-refractivity contribution in [1.29, 1.82) is 0 Å². The van der Waals surface area contributed by atoms with Crippen molar-refractivity contribution in [2.24, 2.45) is 7.05 Å². The third-order valence-corrected chi connectivity index (χ3v) is 8.64. The van der Waals surface area contributed by atoms with E-state index in [0.29, 0.717) is 22.6 Å². The molecule has 1 aliphatic carbocycles. The van der Waals surface area contributed by atoms with Crippen LogP contribution in [0, 0.1) is 0 Å². The lowest BCUT2D eigenvalue weighted by Gasteiger charge is -2.34. The van der Waals surface area contributed by atoms with Crippen LogP contribution in [0.3, 0.4) is 0 Å². The van der Waals surface area contributed by atoms with E-state index in [2.05, 4.69) is 14.8 Å². The first-order valence-corrected chi connectivity index (χ1v) is 14.9. The van der Waals surface area contributed by atoms with Gasteiger partial charge in [-0.25, -0.2) is 8.42 Å². The van der Waals surface area contributed by atoms with E-state index in [0.717, 1.165) is 55.4 Å². The molecule has 9 heteroatoms. The molecule has 1 N–H and O–H groups in total. The number of fused-ring (bicyclic) bond motifs is 1. The summed E-state index contributed by atoms with van der Waals surface area (Å²) >= 11 is 0. The van der Waals surface area contributed by atoms with E-state index >= 15 is 0 Å². The molecule has 0 unspecified atom stereocenters. The van der Waals surface area contributed by atoms with Crippen molar-refractivity contribution in [3.05, 3.63) is 76.8 Å². The van der Waals surface area contributed by atoms with Crippen LogP contribution in [0.1, 0.15) is 18.5 Å². The van der Waals surface area contributed by atoms with Gasteiger partial charge in [-0.1, -0.05) is 18.2 Å². The summed E-state index contributed by atoms with van der Waals surface area (Å²) in [6.45, 7) is 4.89. The number of aryl methyl sites for hydroxylation is 1. The highest BCUT2D eigenvalue weighted by Gasteiger charge is 2.31. The van der Waals surface area contributed by atoms with Crippen LogP contribution in [0.4, 0.5) is 0 Å². The third-order valence-electron chi connectivity index (χ3n) is 7.53. The van der Waals surface area contributed by atoms with Crippen LogP contribution in [0.25, 0.3) is 22.0 Å². The molecule has 1 saturated heterocycles. The molecule has 1 aliphatic heterocycles. The molecule has 2 aromatic heterocycles. The molecule has 0 atom stereocenters. The standard InChI is InChI=1S/C29H32N4O4S/c1-31-19-26(24-17-23(38(2,35)36)10-11-27(24)37-22-6-4-3-5-7-22)25-16-20(30-28(25)29(31)34)18-32-12-14-33(15-13-32)21-8-9-21/h3-7,10-11,16-17,19,21,30H,8-9,12-15,18H2,1-2H3. The predicted molar refractivity (Wildman–Crippen MR) is 148 cm³/mol. The summed E-state index contributed by atoms with van der Waals surface area (Å²) in [6.07, 6.45) is 5.60. The molecule has 198 valence electrons. The van der Waals surface area contributed by atoms with Crippen LogP contribution < -0.4 is 10.3 Å².